The molecule has 0 aromatic heterocycles. The quantitative estimate of drug-likeness (QED) is 0.911. The molecule has 0 radical (unpaired) electrons. The molecule has 1 heterocycles. The number of rotatable bonds is 2. The van der Waals surface area contributed by atoms with Gasteiger partial charge in [-0.25, -0.2) is 0 Å². The van der Waals surface area contributed by atoms with Gasteiger partial charge in [-0.05, 0) is 30.5 Å². The lowest BCUT2D eigenvalue weighted by Crippen LogP contribution is -2.39. The summed E-state index contributed by atoms with van der Waals surface area (Å²) in [4.78, 5) is 13.0. The molecular formula is C13H12ClF3N2O. The minimum atomic E-state index is -4.41. The van der Waals surface area contributed by atoms with E-state index in [1.54, 1.807) is 24.3 Å². The highest BCUT2D eigenvalue weighted by Crippen LogP contribution is 2.46. The first-order valence-electron chi connectivity index (χ1n) is 6.22. The van der Waals surface area contributed by atoms with E-state index in [-0.39, 0.29) is 0 Å². The minimum Gasteiger partial charge on any atom is -0.312 e. The van der Waals surface area contributed by atoms with Gasteiger partial charge in [0.2, 0.25) is 5.91 Å². The molecule has 1 aliphatic heterocycles. The fraction of sp³-hybridized carbons (Fsp3) is 0.462. The highest BCUT2D eigenvalue weighted by molar-refractivity contribution is 6.30. The van der Waals surface area contributed by atoms with Crippen LogP contribution in [0.3, 0.4) is 0 Å². The predicted molar refractivity (Wildman–Crippen MR) is 67.1 cm³/mol. The van der Waals surface area contributed by atoms with Gasteiger partial charge in [0.1, 0.15) is 18.2 Å². The van der Waals surface area contributed by atoms with Crippen molar-refractivity contribution in [3.8, 4) is 0 Å². The number of benzene rings is 1. The van der Waals surface area contributed by atoms with E-state index in [0.717, 1.165) is 4.90 Å². The summed E-state index contributed by atoms with van der Waals surface area (Å²) in [6.07, 6.45) is -3.99. The molecule has 0 bridgehead atoms. The zero-order valence-corrected chi connectivity index (χ0v) is 11.1. The third-order valence-corrected chi connectivity index (χ3v) is 3.93. The Labute approximate surface area is 118 Å². The van der Waals surface area contributed by atoms with Crippen LogP contribution in [0.2, 0.25) is 5.02 Å². The standard InChI is InChI=1S/C13H12ClF3N2O/c14-9-3-1-8(2-4-9)10-18-12(5-6-12)11(20)19(10)7-13(15,16)17/h1-4,10,18H,5-7H2. The fourth-order valence-electron chi connectivity index (χ4n) is 2.54. The van der Waals surface area contributed by atoms with Crippen molar-refractivity contribution in [2.45, 2.75) is 30.7 Å². The lowest BCUT2D eigenvalue weighted by atomic mass is 10.1. The topological polar surface area (TPSA) is 32.3 Å². The van der Waals surface area contributed by atoms with Gasteiger partial charge in [0.05, 0.1) is 0 Å². The van der Waals surface area contributed by atoms with Crippen LogP contribution >= 0.6 is 11.6 Å². The average molecular weight is 305 g/mol. The van der Waals surface area contributed by atoms with Crippen molar-refractivity contribution in [1.82, 2.24) is 10.2 Å². The van der Waals surface area contributed by atoms with Gasteiger partial charge in [-0.15, -0.1) is 0 Å². The number of hydrogen-bond donors (Lipinski definition) is 1. The Morgan fingerprint density at radius 1 is 1.30 bits per heavy atom. The maximum Gasteiger partial charge on any atom is 0.406 e. The summed E-state index contributed by atoms with van der Waals surface area (Å²) < 4.78 is 38.0. The van der Waals surface area contributed by atoms with E-state index in [1.165, 1.54) is 0 Å². The Morgan fingerprint density at radius 3 is 2.40 bits per heavy atom. The Morgan fingerprint density at radius 2 is 1.90 bits per heavy atom. The molecule has 1 amide bonds. The first kappa shape index (κ1) is 13.7. The van der Waals surface area contributed by atoms with Gasteiger partial charge in [0.25, 0.3) is 0 Å². The molecule has 1 atom stereocenters. The van der Waals surface area contributed by atoms with Crippen LogP contribution in [0.15, 0.2) is 24.3 Å². The monoisotopic (exact) mass is 304 g/mol. The number of hydrogen-bond acceptors (Lipinski definition) is 2. The summed E-state index contributed by atoms with van der Waals surface area (Å²) in [7, 11) is 0. The highest BCUT2D eigenvalue weighted by atomic mass is 35.5. The normalized spacial score (nSPS) is 24.5. The van der Waals surface area contributed by atoms with Crippen LogP contribution in [-0.2, 0) is 4.79 Å². The zero-order chi connectivity index (χ0) is 14.5. The molecule has 2 aliphatic rings. The molecule has 7 heteroatoms. The molecule has 1 saturated carbocycles. The third-order valence-electron chi connectivity index (χ3n) is 3.68. The van der Waals surface area contributed by atoms with E-state index in [4.69, 9.17) is 11.6 Å². The van der Waals surface area contributed by atoms with E-state index in [1.807, 2.05) is 0 Å². The maximum absolute atomic E-state index is 12.7. The largest absolute Gasteiger partial charge is 0.406 e. The van der Waals surface area contributed by atoms with Crippen LogP contribution < -0.4 is 5.32 Å². The summed E-state index contributed by atoms with van der Waals surface area (Å²) in [5.41, 5.74) is -0.175. The zero-order valence-electron chi connectivity index (χ0n) is 10.4. The van der Waals surface area contributed by atoms with Crippen LogP contribution in [0.1, 0.15) is 24.6 Å². The van der Waals surface area contributed by atoms with Crippen molar-refractivity contribution < 1.29 is 18.0 Å². The van der Waals surface area contributed by atoms with E-state index in [9.17, 15) is 18.0 Å². The van der Waals surface area contributed by atoms with Crippen molar-refractivity contribution in [3.05, 3.63) is 34.9 Å². The van der Waals surface area contributed by atoms with Crippen LogP contribution in [0.4, 0.5) is 13.2 Å². The molecule has 108 valence electrons. The first-order chi connectivity index (χ1) is 9.31. The lowest BCUT2D eigenvalue weighted by molar-refractivity contribution is -0.162. The number of carbonyl (C=O) groups excluding carboxylic acids is 1. The highest BCUT2D eigenvalue weighted by Gasteiger charge is 2.60. The van der Waals surface area contributed by atoms with Gasteiger partial charge in [-0.3, -0.25) is 10.1 Å². The second-order valence-electron chi connectivity index (χ2n) is 5.23. The number of alkyl halides is 3. The smallest absolute Gasteiger partial charge is 0.312 e. The Kier molecular flexibility index (Phi) is 2.99. The molecule has 1 aliphatic carbocycles. The molecule has 1 aromatic rings. The molecule has 1 saturated heterocycles. The van der Waals surface area contributed by atoms with E-state index >= 15 is 0 Å². The molecule has 1 N–H and O–H groups in total. The molecule has 3 nitrogen and oxygen atoms in total. The van der Waals surface area contributed by atoms with E-state index < -0.39 is 30.3 Å². The van der Waals surface area contributed by atoms with Gasteiger partial charge in [-0.1, -0.05) is 23.7 Å². The van der Waals surface area contributed by atoms with Crippen LogP contribution in [0, 0.1) is 0 Å². The molecule has 1 unspecified atom stereocenters. The van der Waals surface area contributed by atoms with E-state index in [2.05, 4.69) is 5.32 Å². The van der Waals surface area contributed by atoms with Crippen molar-refractivity contribution in [3.63, 3.8) is 0 Å². The number of amides is 1. The summed E-state index contributed by atoms with van der Waals surface area (Å²) in [5, 5.41) is 3.53. The molecule has 1 aromatic carbocycles. The number of carbonyl (C=O) groups is 1. The van der Waals surface area contributed by atoms with Gasteiger partial charge >= 0.3 is 6.18 Å². The average Bonchev–Trinajstić information content (AvgIpc) is 3.09. The summed E-state index contributed by atoms with van der Waals surface area (Å²) in [6, 6.07) is 6.48. The van der Waals surface area contributed by atoms with Gasteiger partial charge in [0, 0.05) is 5.02 Å². The molecule has 2 fully saturated rings. The molecule has 1 spiro atoms. The maximum atomic E-state index is 12.7. The number of halogens is 4. The van der Waals surface area contributed by atoms with Crippen LogP contribution in [0.25, 0.3) is 0 Å². The Hall–Kier alpha value is -1.27. The minimum absolute atomic E-state index is 0.463. The lowest BCUT2D eigenvalue weighted by Gasteiger charge is -2.25. The molecular weight excluding hydrogens is 293 g/mol. The van der Waals surface area contributed by atoms with Gasteiger partial charge < -0.3 is 4.90 Å². The fourth-order valence-corrected chi connectivity index (χ4v) is 2.67. The first-order valence-corrected chi connectivity index (χ1v) is 6.60. The molecule has 20 heavy (non-hydrogen) atoms. The second-order valence-corrected chi connectivity index (χ2v) is 5.67. The number of nitrogens with zero attached hydrogens (tertiary/aromatic N) is 1. The summed E-state index contributed by atoms with van der Waals surface area (Å²) in [5.74, 6) is -0.463. The Balaban J connectivity index is 1.91. The van der Waals surface area contributed by atoms with Crippen LogP contribution in [0.5, 0.6) is 0 Å². The third kappa shape index (κ3) is 2.38. The molecule has 3 rings (SSSR count). The summed E-state index contributed by atoms with van der Waals surface area (Å²) >= 11 is 5.78. The van der Waals surface area contributed by atoms with Crippen molar-refractivity contribution >= 4 is 17.5 Å². The SMILES string of the molecule is O=C1N(CC(F)(F)F)C(c2ccc(Cl)cc2)NC12CC2. The Bertz CT molecular complexity index is 540. The van der Waals surface area contributed by atoms with Gasteiger partial charge in [-0.2, -0.15) is 13.2 Å². The van der Waals surface area contributed by atoms with Crippen LogP contribution in [-0.4, -0.2) is 29.1 Å². The van der Waals surface area contributed by atoms with Crippen molar-refractivity contribution in [2.75, 3.05) is 6.54 Å². The number of nitrogens with one attached hydrogen (secondary N) is 1. The van der Waals surface area contributed by atoms with E-state index in [0.29, 0.717) is 23.4 Å². The predicted octanol–water partition coefficient (Wildman–Crippen LogP) is 2.87. The second kappa shape index (κ2) is 4.36. The van der Waals surface area contributed by atoms with Crippen molar-refractivity contribution in [1.29, 1.82) is 0 Å². The van der Waals surface area contributed by atoms with Gasteiger partial charge in [0.15, 0.2) is 0 Å². The van der Waals surface area contributed by atoms with Crippen molar-refractivity contribution in [2.24, 2.45) is 0 Å². The summed E-state index contributed by atoms with van der Waals surface area (Å²) in [6.45, 7) is -1.24.